The van der Waals surface area contributed by atoms with Crippen molar-refractivity contribution in [3.05, 3.63) is 53.0 Å². The summed E-state index contributed by atoms with van der Waals surface area (Å²) in [6.45, 7) is 5.57. The molecule has 3 nitrogen and oxygen atoms in total. The molecule has 0 saturated carbocycles. The van der Waals surface area contributed by atoms with Crippen molar-refractivity contribution in [2.75, 3.05) is 5.32 Å². The largest absolute Gasteiger partial charge is 0.363 e. The molecule has 1 unspecified atom stereocenters. The van der Waals surface area contributed by atoms with Gasteiger partial charge in [-0.25, -0.2) is 18.7 Å². The zero-order valence-electron chi connectivity index (χ0n) is 11.7. The second kappa shape index (κ2) is 5.94. The third-order valence-electron chi connectivity index (χ3n) is 3.07. The van der Waals surface area contributed by atoms with Gasteiger partial charge in [-0.05, 0) is 26.3 Å². The monoisotopic (exact) mass is 277 g/mol. The standard InChI is InChI=1S/C15H17F2N3/c1-4-11-8-14(20-10(3)19-11)18-9(2)12-6-5-7-13(16)15(12)17/h5-9H,4H2,1-3H3,(H,18,19,20). The van der Waals surface area contributed by atoms with Crippen molar-refractivity contribution in [1.82, 2.24) is 9.97 Å². The Kier molecular flexibility index (Phi) is 4.27. The molecule has 0 radical (unpaired) electrons. The molecule has 20 heavy (non-hydrogen) atoms. The van der Waals surface area contributed by atoms with Crippen molar-refractivity contribution < 1.29 is 8.78 Å². The maximum Gasteiger partial charge on any atom is 0.164 e. The van der Waals surface area contributed by atoms with Crippen LogP contribution in [-0.4, -0.2) is 9.97 Å². The van der Waals surface area contributed by atoms with E-state index in [2.05, 4.69) is 15.3 Å². The Morgan fingerprint density at radius 3 is 2.70 bits per heavy atom. The van der Waals surface area contributed by atoms with Crippen LogP contribution in [0.1, 0.15) is 37.0 Å². The van der Waals surface area contributed by atoms with Crippen LogP contribution in [0.5, 0.6) is 0 Å². The smallest absolute Gasteiger partial charge is 0.164 e. The van der Waals surface area contributed by atoms with Crippen LogP contribution in [0.4, 0.5) is 14.6 Å². The summed E-state index contributed by atoms with van der Waals surface area (Å²) in [4.78, 5) is 8.54. The highest BCUT2D eigenvalue weighted by molar-refractivity contribution is 5.40. The number of halogens is 2. The molecule has 2 rings (SSSR count). The predicted molar refractivity (Wildman–Crippen MR) is 74.5 cm³/mol. The van der Waals surface area contributed by atoms with Crippen LogP contribution < -0.4 is 5.32 Å². The molecule has 0 bridgehead atoms. The minimum atomic E-state index is -0.843. The number of hydrogen-bond donors (Lipinski definition) is 1. The van der Waals surface area contributed by atoms with Gasteiger partial charge >= 0.3 is 0 Å². The van der Waals surface area contributed by atoms with Crippen LogP contribution >= 0.6 is 0 Å². The first-order valence-electron chi connectivity index (χ1n) is 6.56. The summed E-state index contributed by atoms with van der Waals surface area (Å²) >= 11 is 0. The lowest BCUT2D eigenvalue weighted by Gasteiger charge is -2.16. The van der Waals surface area contributed by atoms with Crippen molar-refractivity contribution >= 4 is 5.82 Å². The highest BCUT2D eigenvalue weighted by Gasteiger charge is 2.14. The van der Waals surface area contributed by atoms with E-state index in [4.69, 9.17) is 0 Å². The normalized spacial score (nSPS) is 12.2. The van der Waals surface area contributed by atoms with E-state index < -0.39 is 11.6 Å². The fraction of sp³-hybridized carbons (Fsp3) is 0.333. The van der Waals surface area contributed by atoms with Gasteiger partial charge in [-0.1, -0.05) is 19.1 Å². The number of rotatable bonds is 4. The van der Waals surface area contributed by atoms with Crippen molar-refractivity contribution in [1.29, 1.82) is 0 Å². The van der Waals surface area contributed by atoms with E-state index in [0.29, 0.717) is 11.6 Å². The van der Waals surface area contributed by atoms with Crippen LogP contribution in [0.3, 0.4) is 0 Å². The summed E-state index contributed by atoms with van der Waals surface area (Å²) in [5, 5.41) is 3.08. The van der Waals surface area contributed by atoms with Gasteiger partial charge in [-0.3, -0.25) is 0 Å². The molecule has 1 aromatic heterocycles. The van der Waals surface area contributed by atoms with E-state index in [0.717, 1.165) is 18.2 Å². The molecule has 2 aromatic rings. The second-order valence-electron chi connectivity index (χ2n) is 4.65. The third-order valence-corrected chi connectivity index (χ3v) is 3.07. The summed E-state index contributed by atoms with van der Waals surface area (Å²) < 4.78 is 27.0. The Bertz CT molecular complexity index is 614. The van der Waals surface area contributed by atoms with Gasteiger partial charge in [0, 0.05) is 17.3 Å². The first-order valence-corrected chi connectivity index (χ1v) is 6.56. The molecule has 0 aliphatic carbocycles. The zero-order valence-corrected chi connectivity index (χ0v) is 11.7. The van der Waals surface area contributed by atoms with Crippen molar-refractivity contribution in [3.8, 4) is 0 Å². The van der Waals surface area contributed by atoms with Gasteiger partial charge in [0.05, 0.1) is 6.04 Å². The number of hydrogen-bond acceptors (Lipinski definition) is 3. The van der Waals surface area contributed by atoms with Gasteiger partial charge in [-0.2, -0.15) is 0 Å². The molecule has 0 amide bonds. The molecule has 1 atom stereocenters. The molecule has 1 aromatic carbocycles. The highest BCUT2D eigenvalue weighted by atomic mass is 19.2. The molecule has 106 valence electrons. The number of nitrogens with zero attached hydrogens (tertiary/aromatic N) is 2. The van der Waals surface area contributed by atoms with Gasteiger partial charge in [-0.15, -0.1) is 0 Å². The molecule has 1 N–H and O–H groups in total. The number of nitrogens with one attached hydrogen (secondary N) is 1. The number of aryl methyl sites for hydroxylation is 2. The average molecular weight is 277 g/mol. The van der Waals surface area contributed by atoms with Gasteiger partial charge in [0.2, 0.25) is 0 Å². The SMILES string of the molecule is CCc1cc(NC(C)c2cccc(F)c2F)nc(C)n1. The van der Waals surface area contributed by atoms with E-state index in [1.54, 1.807) is 19.9 Å². The Morgan fingerprint density at radius 1 is 1.25 bits per heavy atom. The van der Waals surface area contributed by atoms with E-state index in [9.17, 15) is 8.78 Å². The van der Waals surface area contributed by atoms with Crippen LogP contribution in [0, 0.1) is 18.6 Å². The molecule has 5 heteroatoms. The highest BCUT2D eigenvalue weighted by Crippen LogP contribution is 2.22. The first-order chi connectivity index (χ1) is 9.51. The Labute approximate surface area is 117 Å². The minimum Gasteiger partial charge on any atom is -0.363 e. The molecule has 1 heterocycles. The van der Waals surface area contributed by atoms with Crippen LogP contribution in [0.2, 0.25) is 0 Å². The maximum absolute atomic E-state index is 13.7. The first kappa shape index (κ1) is 14.4. The van der Waals surface area contributed by atoms with Crippen LogP contribution in [-0.2, 0) is 6.42 Å². The number of anilines is 1. The summed E-state index contributed by atoms with van der Waals surface area (Å²) in [5.74, 6) is -0.400. The lowest BCUT2D eigenvalue weighted by molar-refractivity contribution is 0.494. The van der Waals surface area contributed by atoms with E-state index in [1.807, 2.05) is 13.0 Å². The third kappa shape index (κ3) is 3.10. The lowest BCUT2D eigenvalue weighted by atomic mass is 10.1. The van der Waals surface area contributed by atoms with Gasteiger partial charge in [0.1, 0.15) is 11.6 Å². The predicted octanol–water partition coefficient (Wildman–Crippen LogP) is 3.80. The van der Waals surface area contributed by atoms with Gasteiger partial charge in [0.15, 0.2) is 11.6 Å². The number of aromatic nitrogens is 2. The van der Waals surface area contributed by atoms with E-state index in [1.165, 1.54) is 6.07 Å². The van der Waals surface area contributed by atoms with Crippen LogP contribution in [0.25, 0.3) is 0 Å². The molecule has 0 saturated heterocycles. The lowest BCUT2D eigenvalue weighted by Crippen LogP contribution is -2.12. The second-order valence-corrected chi connectivity index (χ2v) is 4.65. The molecule has 0 fully saturated rings. The maximum atomic E-state index is 13.7. The number of benzene rings is 1. The molecule has 0 aliphatic heterocycles. The fourth-order valence-electron chi connectivity index (χ4n) is 2.04. The zero-order chi connectivity index (χ0) is 14.7. The van der Waals surface area contributed by atoms with Gasteiger partial charge < -0.3 is 5.32 Å². The summed E-state index contributed by atoms with van der Waals surface area (Å²) in [6, 6.07) is 5.60. The quantitative estimate of drug-likeness (QED) is 0.923. The molecular weight excluding hydrogens is 260 g/mol. The molecule has 0 spiro atoms. The molecule has 0 aliphatic rings. The molecular formula is C15H17F2N3. The summed E-state index contributed by atoms with van der Waals surface area (Å²) in [5.41, 5.74) is 1.19. The van der Waals surface area contributed by atoms with Crippen molar-refractivity contribution in [3.63, 3.8) is 0 Å². The average Bonchev–Trinajstić information content (AvgIpc) is 2.41. The fourth-order valence-corrected chi connectivity index (χ4v) is 2.04. The van der Waals surface area contributed by atoms with E-state index >= 15 is 0 Å². The van der Waals surface area contributed by atoms with E-state index in [-0.39, 0.29) is 11.6 Å². The van der Waals surface area contributed by atoms with Gasteiger partial charge in [0.25, 0.3) is 0 Å². The Hall–Kier alpha value is -2.04. The summed E-state index contributed by atoms with van der Waals surface area (Å²) in [7, 11) is 0. The van der Waals surface area contributed by atoms with Crippen LogP contribution in [0.15, 0.2) is 24.3 Å². The minimum absolute atomic E-state index is 0.277. The Morgan fingerprint density at radius 2 is 2.00 bits per heavy atom. The Balaban J connectivity index is 2.25. The summed E-state index contributed by atoms with van der Waals surface area (Å²) in [6.07, 6.45) is 0.792. The topological polar surface area (TPSA) is 37.8 Å². The van der Waals surface area contributed by atoms with Crippen molar-refractivity contribution in [2.24, 2.45) is 0 Å². The van der Waals surface area contributed by atoms with Crippen molar-refractivity contribution in [2.45, 2.75) is 33.2 Å².